The first-order valence-corrected chi connectivity index (χ1v) is 12.5. The molecule has 37 heavy (non-hydrogen) atoms. The number of nitrogens with zero attached hydrogens (tertiary/aromatic N) is 1. The Kier molecular flexibility index (Phi) is 5.92. The van der Waals surface area contributed by atoms with Crippen LogP contribution in [0.2, 0.25) is 0 Å². The van der Waals surface area contributed by atoms with Crippen LogP contribution in [0.15, 0.2) is 150 Å². The molecule has 0 bridgehead atoms. The van der Waals surface area contributed by atoms with Crippen LogP contribution in [0.3, 0.4) is 0 Å². The fourth-order valence-electron chi connectivity index (χ4n) is 4.93. The van der Waals surface area contributed by atoms with E-state index in [-0.39, 0.29) is 0 Å². The van der Waals surface area contributed by atoms with Crippen LogP contribution in [0.25, 0.3) is 44.2 Å². The molecule has 0 aliphatic rings. The molecule has 0 radical (unpaired) electrons. The number of fused-ring (bicyclic) bond motifs is 3. The van der Waals surface area contributed by atoms with Crippen molar-refractivity contribution in [2.45, 2.75) is 6.92 Å². The maximum atomic E-state index is 6.01. The van der Waals surface area contributed by atoms with Gasteiger partial charge in [-0.2, -0.15) is 0 Å². The normalized spacial score (nSPS) is 11.6. The van der Waals surface area contributed by atoms with E-state index < -0.39 is 0 Å². The topological polar surface area (TPSA) is 16.4 Å². The molecule has 6 aromatic rings. The molecule has 0 atom stereocenters. The smallest absolute Gasteiger partial charge is 0.135 e. The number of furan rings is 1. The van der Waals surface area contributed by atoms with Crippen molar-refractivity contribution >= 4 is 33.3 Å². The first kappa shape index (κ1) is 22.6. The zero-order chi connectivity index (χ0) is 25.2. The van der Waals surface area contributed by atoms with Crippen LogP contribution in [0, 0.1) is 0 Å². The number of rotatable bonds is 6. The van der Waals surface area contributed by atoms with Gasteiger partial charge in [0.2, 0.25) is 0 Å². The molecule has 2 nitrogen and oxygen atoms in total. The number of para-hydroxylation sites is 1. The standard InChI is InChI=1S/C35H27NO/c1-3-29(4-2)36(30-19-14-26(15-20-30)25-10-6-5-7-11-25)31-21-16-27(17-22-31)28-18-23-35-33(24-28)32-12-8-9-13-34(32)37-35/h3-24H,1H2,2H3/b29-4+. The minimum absolute atomic E-state index is 0.912. The van der Waals surface area contributed by atoms with Crippen LogP contribution >= 0.6 is 0 Å². The molecule has 0 saturated heterocycles. The van der Waals surface area contributed by atoms with Crippen molar-refractivity contribution in [3.8, 4) is 22.3 Å². The van der Waals surface area contributed by atoms with E-state index in [1.807, 2.05) is 31.2 Å². The van der Waals surface area contributed by atoms with Gasteiger partial charge in [-0.25, -0.2) is 0 Å². The van der Waals surface area contributed by atoms with E-state index in [2.05, 4.69) is 121 Å². The Balaban J connectivity index is 1.36. The maximum Gasteiger partial charge on any atom is 0.135 e. The third-order valence-corrected chi connectivity index (χ3v) is 6.83. The lowest BCUT2D eigenvalue weighted by molar-refractivity contribution is 0.669. The van der Waals surface area contributed by atoms with E-state index in [4.69, 9.17) is 4.42 Å². The van der Waals surface area contributed by atoms with Crippen LogP contribution in [0.1, 0.15) is 6.92 Å². The van der Waals surface area contributed by atoms with Crippen LogP contribution < -0.4 is 4.90 Å². The monoisotopic (exact) mass is 477 g/mol. The van der Waals surface area contributed by atoms with E-state index in [0.29, 0.717) is 0 Å². The first-order chi connectivity index (χ1) is 18.2. The quantitative estimate of drug-likeness (QED) is 0.222. The van der Waals surface area contributed by atoms with E-state index in [0.717, 1.165) is 44.6 Å². The van der Waals surface area contributed by atoms with Gasteiger partial charge in [0.15, 0.2) is 0 Å². The van der Waals surface area contributed by atoms with Crippen molar-refractivity contribution in [2.75, 3.05) is 4.90 Å². The highest BCUT2D eigenvalue weighted by Crippen LogP contribution is 2.35. The Bertz CT molecular complexity index is 1720. The number of hydrogen-bond acceptors (Lipinski definition) is 2. The molecule has 1 aromatic heterocycles. The molecule has 6 rings (SSSR count). The zero-order valence-corrected chi connectivity index (χ0v) is 20.8. The Labute approximate surface area is 217 Å². The molecule has 0 amide bonds. The Hall–Kier alpha value is -4.82. The highest BCUT2D eigenvalue weighted by molar-refractivity contribution is 6.06. The van der Waals surface area contributed by atoms with Gasteiger partial charge in [-0.05, 0) is 77.7 Å². The Morgan fingerprint density at radius 1 is 0.595 bits per heavy atom. The number of anilines is 2. The van der Waals surface area contributed by atoms with Gasteiger partial charge in [0.05, 0.1) is 0 Å². The van der Waals surface area contributed by atoms with Crippen LogP contribution in [-0.4, -0.2) is 0 Å². The van der Waals surface area contributed by atoms with Gasteiger partial charge in [-0.15, -0.1) is 0 Å². The third-order valence-electron chi connectivity index (χ3n) is 6.83. The SMILES string of the molecule is C=C/C(=C\C)N(c1ccc(-c2ccccc2)cc1)c1ccc(-c2ccc3oc4ccccc4c3c2)cc1. The summed E-state index contributed by atoms with van der Waals surface area (Å²) in [6.07, 6.45) is 3.99. The Morgan fingerprint density at radius 3 is 1.78 bits per heavy atom. The van der Waals surface area contributed by atoms with E-state index in [1.54, 1.807) is 0 Å². The number of hydrogen-bond donors (Lipinski definition) is 0. The van der Waals surface area contributed by atoms with E-state index in [9.17, 15) is 0 Å². The second-order valence-corrected chi connectivity index (χ2v) is 9.02. The number of benzene rings is 5. The highest BCUT2D eigenvalue weighted by Gasteiger charge is 2.14. The first-order valence-electron chi connectivity index (χ1n) is 12.5. The minimum atomic E-state index is 0.912. The summed E-state index contributed by atoms with van der Waals surface area (Å²) < 4.78 is 6.01. The average Bonchev–Trinajstić information content (AvgIpc) is 3.35. The summed E-state index contributed by atoms with van der Waals surface area (Å²) >= 11 is 0. The lowest BCUT2D eigenvalue weighted by Crippen LogP contribution is -2.14. The molecule has 178 valence electrons. The fourth-order valence-corrected chi connectivity index (χ4v) is 4.93. The summed E-state index contributed by atoms with van der Waals surface area (Å²) in [5, 5.41) is 2.28. The second kappa shape index (κ2) is 9.67. The molecule has 5 aromatic carbocycles. The largest absolute Gasteiger partial charge is 0.456 e. The van der Waals surface area contributed by atoms with Crippen molar-refractivity contribution in [3.63, 3.8) is 0 Å². The molecule has 0 spiro atoms. The third kappa shape index (κ3) is 4.23. The molecule has 0 aliphatic carbocycles. The lowest BCUT2D eigenvalue weighted by Gasteiger charge is -2.26. The van der Waals surface area contributed by atoms with Gasteiger partial charge in [-0.1, -0.05) is 91.5 Å². The van der Waals surface area contributed by atoms with E-state index in [1.165, 1.54) is 16.7 Å². The molecule has 0 fully saturated rings. The number of allylic oxidation sites excluding steroid dienone is 2. The zero-order valence-electron chi connectivity index (χ0n) is 20.8. The molecule has 0 N–H and O–H groups in total. The van der Waals surface area contributed by atoms with Gasteiger partial charge in [-0.3, -0.25) is 0 Å². The fraction of sp³-hybridized carbons (Fsp3) is 0.0286. The van der Waals surface area contributed by atoms with Gasteiger partial charge < -0.3 is 9.32 Å². The average molecular weight is 478 g/mol. The Morgan fingerprint density at radius 2 is 1.14 bits per heavy atom. The molecule has 0 aliphatic heterocycles. The summed E-state index contributed by atoms with van der Waals surface area (Å²) in [4.78, 5) is 2.23. The predicted molar refractivity (Wildman–Crippen MR) is 157 cm³/mol. The van der Waals surface area contributed by atoms with Crippen LogP contribution in [-0.2, 0) is 0 Å². The molecule has 1 heterocycles. The molecule has 0 unspecified atom stereocenters. The van der Waals surface area contributed by atoms with Crippen molar-refractivity contribution < 1.29 is 4.42 Å². The van der Waals surface area contributed by atoms with Crippen LogP contribution in [0.5, 0.6) is 0 Å². The van der Waals surface area contributed by atoms with Crippen molar-refractivity contribution in [1.82, 2.24) is 0 Å². The molecule has 2 heteroatoms. The van der Waals surface area contributed by atoms with Gasteiger partial charge in [0.1, 0.15) is 11.2 Å². The van der Waals surface area contributed by atoms with Crippen molar-refractivity contribution in [2.24, 2.45) is 0 Å². The van der Waals surface area contributed by atoms with Crippen LogP contribution in [0.4, 0.5) is 11.4 Å². The molecule has 0 saturated carbocycles. The lowest BCUT2D eigenvalue weighted by atomic mass is 10.0. The second-order valence-electron chi connectivity index (χ2n) is 9.02. The molecular formula is C35H27NO. The summed E-state index contributed by atoms with van der Waals surface area (Å²) in [5.41, 5.74) is 9.77. The molecular weight excluding hydrogens is 450 g/mol. The summed E-state index contributed by atoms with van der Waals surface area (Å²) in [6.45, 7) is 6.11. The van der Waals surface area contributed by atoms with Crippen molar-refractivity contribution in [1.29, 1.82) is 0 Å². The summed E-state index contributed by atoms with van der Waals surface area (Å²) in [5.74, 6) is 0. The van der Waals surface area contributed by atoms with Gasteiger partial charge in [0, 0.05) is 27.8 Å². The minimum Gasteiger partial charge on any atom is -0.456 e. The summed E-state index contributed by atoms with van der Waals surface area (Å²) in [7, 11) is 0. The van der Waals surface area contributed by atoms with Gasteiger partial charge >= 0.3 is 0 Å². The van der Waals surface area contributed by atoms with Gasteiger partial charge in [0.25, 0.3) is 0 Å². The van der Waals surface area contributed by atoms with E-state index >= 15 is 0 Å². The highest BCUT2D eigenvalue weighted by atomic mass is 16.3. The predicted octanol–water partition coefficient (Wildman–Crippen LogP) is 10.1. The maximum absolute atomic E-state index is 6.01. The van der Waals surface area contributed by atoms with Crippen molar-refractivity contribution in [3.05, 3.63) is 146 Å². The summed E-state index contributed by atoms with van der Waals surface area (Å²) in [6, 6.07) is 42.4.